The molecule has 3 nitrogen and oxygen atoms in total. The van der Waals surface area contributed by atoms with Crippen molar-refractivity contribution in [1.29, 1.82) is 0 Å². The molecular formula is C15H12F3N3. The Balaban J connectivity index is 2.19. The van der Waals surface area contributed by atoms with Gasteiger partial charge in [-0.1, -0.05) is 6.07 Å². The first-order valence-corrected chi connectivity index (χ1v) is 6.34. The van der Waals surface area contributed by atoms with E-state index in [1.807, 2.05) is 36.6 Å². The number of rotatable bonds is 1. The molecule has 108 valence electrons. The van der Waals surface area contributed by atoms with Crippen molar-refractivity contribution in [2.75, 3.05) is 0 Å². The van der Waals surface area contributed by atoms with Gasteiger partial charge in [-0.2, -0.15) is 13.2 Å². The zero-order valence-electron chi connectivity index (χ0n) is 11.4. The Hall–Kier alpha value is -2.37. The lowest BCUT2D eigenvalue weighted by Crippen LogP contribution is -2.05. The van der Waals surface area contributed by atoms with E-state index in [0.29, 0.717) is 16.9 Å². The predicted octanol–water partition coefficient (Wildman–Crippen LogP) is 4.03. The van der Waals surface area contributed by atoms with Crippen LogP contribution in [-0.2, 0) is 6.18 Å². The second kappa shape index (κ2) is 4.58. The van der Waals surface area contributed by atoms with Gasteiger partial charge < -0.3 is 4.40 Å². The minimum atomic E-state index is -4.41. The Morgan fingerprint density at radius 2 is 1.86 bits per heavy atom. The minimum absolute atomic E-state index is 0.365. The molecule has 0 N–H and O–H groups in total. The summed E-state index contributed by atoms with van der Waals surface area (Å²) in [4.78, 5) is 8.09. The molecule has 0 aliphatic carbocycles. The van der Waals surface area contributed by atoms with E-state index in [0.717, 1.165) is 23.5 Å². The van der Waals surface area contributed by atoms with Gasteiger partial charge in [0.2, 0.25) is 0 Å². The van der Waals surface area contributed by atoms with Gasteiger partial charge >= 0.3 is 6.18 Å². The van der Waals surface area contributed by atoms with E-state index in [-0.39, 0.29) is 0 Å². The third kappa shape index (κ3) is 2.37. The Morgan fingerprint density at radius 3 is 2.57 bits per heavy atom. The fourth-order valence-electron chi connectivity index (χ4n) is 2.27. The molecule has 0 amide bonds. The first kappa shape index (κ1) is 13.6. The highest BCUT2D eigenvalue weighted by molar-refractivity contribution is 5.66. The van der Waals surface area contributed by atoms with Gasteiger partial charge in [0.05, 0.1) is 11.3 Å². The lowest BCUT2D eigenvalue weighted by Gasteiger charge is -2.07. The molecule has 0 aliphatic heterocycles. The quantitative estimate of drug-likeness (QED) is 0.677. The number of aromatic nitrogens is 3. The third-order valence-corrected chi connectivity index (χ3v) is 3.34. The number of aryl methyl sites for hydroxylation is 2. The summed E-state index contributed by atoms with van der Waals surface area (Å²) in [6, 6.07) is 4.83. The summed E-state index contributed by atoms with van der Waals surface area (Å²) >= 11 is 0. The topological polar surface area (TPSA) is 30.2 Å². The molecule has 0 spiro atoms. The Bertz CT molecular complexity index is 819. The summed E-state index contributed by atoms with van der Waals surface area (Å²) in [6.07, 6.45) is -0.287. The maximum Gasteiger partial charge on any atom is 0.417 e. The van der Waals surface area contributed by atoms with Gasteiger partial charge in [-0.3, -0.25) is 4.98 Å². The van der Waals surface area contributed by atoms with Gasteiger partial charge in [-0.05, 0) is 31.5 Å². The highest BCUT2D eigenvalue weighted by Crippen LogP contribution is 2.32. The van der Waals surface area contributed by atoms with Crippen molar-refractivity contribution >= 4 is 5.65 Å². The van der Waals surface area contributed by atoms with Crippen molar-refractivity contribution in [3.05, 3.63) is 53.6 Å². The molecule has 0 atom stereocenters. The van der Waals surface area contributed by atoms with Crippen molar-refractivity contribution in [3.63, 3.8) is 0 Å². The van der Waals surface area contributed by atoms with Crippen LogP contribution in [0.3, 0.4) is 0 Å². The molecule has 3 rings (SSSR count). The third-order valence-electron chi connectivity index (χ3n) is 3.34. The van der Waals surface area contributed by atoms with Gasteiger partial charge in [-0.25, -0.2) is 4.98 Å². The molecule has 0 saturated carbocycles. The number of halogens is 3. The van der Waals surface area contributed by atoms with Gasteiger partial charge in [0, 0.05) is 29.8 Å². The number of imidazole rings is 1. The molecular weight excluding hydrogens is 279 g/mol. The molecule has 0 radical (unpaired) electrons. The fraction of sp³-hybridized carbons (Fsp3) is 0.200. The van der Waals surface area contributed by atoms with Crippen LogP contribution in [0.4, 0.5) is 13.2 Å². The number of hydrogen-bond acceptors (Lipinski definition) is 2. The molecule has 0 fully saturated rings. The van der Waals surface area contributed by atoms with Crippen LogP contribution in [0, 0.1) is 13.8 Å². The highest BCUT2D eigenvalue weighted by Gasteiger charge is 2.31. The summed E-state index contributed by atoms with van der Waals surface area (Å²) in [7, 11) is 0. The van der Waals surface area contributed by atoms with Crippen LogP contribution in [-0.4, -0.2) is 14.4 Å². The van der Waals surface area contributed by atoms with Gasteiger partial charge in [0.15, 0.2) is 0 Å². The number of nitrogens with zero attached hydrogens (tertiary/aromatic N) is 3. The molecule has 0 aliphatic rings. The summed E-state index contributed by atoms with van der Waals surface area (Å²) in [5.41, 5.74) is 2.65. The van der Waals surface area contributed by atoms with Gasteiger partial charge in [-0.15, -0.1) is 0 Å². The average molecular weight is 291 g/mol. The van der Waals surface area contributed by atoms with Crippen LogP contribution < -0.4 is 0 Å². The van der Waals surface area contributed by atoms with Crippen LogP contribution in [0.5, 0.6) is 0 Å². The highest BCUT2D eigenvalue weighted by atomic mass is 19.4. The van der Waals surface area contributed by atoms with Gasteiger partial charge in [0.1, 0.15) is 5.65 Å². The van der Waals surface area contributed by atoms with Crippen LogP contribution in [0.25, 0.3) is 16.9 Å². The zero-order valence-corrected chi connectivity index (χ0v) is 11.4. The lowest BCUT2D eigenvalue weighted by molar-refractivity contribution is -0.137. The molecule has 3 heterocycles. The van der Waals surface area contributed by atoms with Crippen LogP contribution in [0.2, 0.25) is 0 Å². The second-order valence-electron chi connectivity index (χ2n) is 4.94. The average Bonchev–Trinajstić information content (AvgIpc) is 2.75. The monoisotopic (exact) mass is 291 g/mol. The fourth-order valence-corrected chi connectivity index (χ4v) is 2.27. The van der Waals surface area contributed by atoms with E-state index < -0.39 is 11.7 Å². The summed E-state index contributed by atoms with van der Waals surface area (Å²) in [6.45, 7) is 3.78. The van der Waals surface area contributed by atoms with E-state index in [1.165, 1.54) is 6.20 Å². The second-order valence-corrected chi connectivity index (χ2v) is 4.94. The van der Waals surface area contributed by atoms with E-state index in [1.54, 1.807) is 0 Å². The Labute approximate surface area is 119 Å². The van der Waals surface area contributed by atoms with E-state index in [2.05, 4.69) is 9.97 Å². The summed E-state index contributed by atoms with van der Waals surface area (Å²) < 4.78 is 40.2. The normalized spacial score (nSPS) is 12.0. The maximum atomic E-state index is 12.8. The Kier molecular flexibility index (Phi) is 2.97. The van der Waals surface area contributed by atoms with Crippen molar-refractivity contribution < 1.29 is 13.2 Å². The van der Waals surface area contributed by atoms with Crippen molar-refractivity contribution in [2.24, 2.45) is 0 Å². The largest absolute Gasteiger partial charge is 0.417 e. The molecule has 3 aromatic rings. The molecule has 0 unspecified atom stereocenters. The van der Waals surface area contributed by atoms with Crippen molar-refractivity contribution in [1.82, 2.24) is 14.4 Å². The van der Waals surface area contributed by atoms with Gasteiger partial charge in [0.25, 0.3) is 0 Å². The smallest absolute Gasteiger partial charge is 0.303 e. The Morgan fingerprint density at radius 1 is 1.10 bits per heavy atom. The lowest BCUT2D eigenvalue weighted by atomic mass is 10.1. The van der Waals surface area contributed by atoms with E-state index >= 15 is 0 Å². The van der Waals surface area contributed by atoms with Crippen molar-refractivity contribution in [2.45, 2.75) is 20.0 Å². The molecule has 0 aromatic carbocycles. The van der Waals surface area contributed by atoms with E-state index in [9.17, 15) is 13.2 Å². The SMILES string of the molecule is Cc1ccc2nc(-c3cncc(C(F)(F)F)c3)c(C)n2c1. The van der Waals surface area contributed by atoms with Crippen LogP contribution >= 0.6 is 0 Å². The standard InChI is InChI=1S/C15H12F3N3/c1-9-3-4-13-20-14(10(2)21(13)8-9)11-5-12(7-19-6-11)15(16,17)18/h3-8H,1-2H3. The van der Waals surface area contributed by atoms with Crippen LogP contribution in [0.1, 0.15) is 16.8 Å². The number of fused-ring (bicyclic) bond motifs is 1. The summed E-state index contributed by atoms with van der Waals surface area (Å²) in [5.74, 6) is 0. The molecule has 0 bridgehead atoms. The molecule has 3 aromatic heterocycles. The molecule has 0 saturated heterocycles. The van der Waals surface area contributed by atoms with Crippen LogP contribution in [0.15, 0.2) is 36.8 Å². The summed E-state index contributed by atoms with van der Waals surface area (Å²) in [5, 5.41) is 0. The first-order chi connectivity index (χ1) is 9.86. The first-order valence-electron chi connectivity index (χ1n) is 6.34. The number of pyridine rings is 2. The molecule has 21 heavy (non-hydrogen) atoms. The van der Waals surface area contributed by atoms with E-state index in [4.69, 9.17) is 0 Å². The minimum Gasteiger partial charge on any atom is -0.303 e. The molecule has 6 heteroatoms. The zero-order chi connectivity index (χ0) is 15.2. The number of alkyl halides is 3. The maximum absolute atomic E-state index is 12.8. The number of hydrogen-bond donors (Lipinski definition) is 0. The predicted molar refractivity (Wildman–Crippen MR) is 72.9 cm³/mol. The van der Waals surface area contributed by atoms with Crippen molar-refractivity contribution in [3.8, 4) is 11.3 Å².